The molecule has 1 aliphatic heterocycles. The molecule has 0 aromatic heterocycles. The molecular weight excluding hydrogens is 246 g/mol. The Labute approximate surface area is 123 Å². The second-order valence-corrected chi connectivity index (χ2v) is 6.13. The minimum atomic E-state index is 0.154. The lowest BCUT2D eigenvalue weighted by Crippen LogP contribution is -2.49. The van der Waals surface area contributed by atoms with Crippen molar-refractivity contribution < 1.29 is 4.74 Å². The van der Waals surface area contributed by atoms with Crippen LogP contribution in [0.3, 0.4) is 0 Å². The van der Waals surface area contributed by atoms with Crippen LogP contribution in [0.5, 0.6) is 5.75 Å². The predicted molar refractivity (Wildman–Crippen MR) is 87.5 cm³/mol. The topological polar surface area (TPSA) is 12.5 Å². The highest BCUT2D eigenvalue weighted by molar-refractivity contribution is 5.73. The average Bonchev–Trinajstić information content (AvgIpc) is 2.45. The molecule has 0 spiro atoms. The van der Waals surface area contributed by atoms with Crippen molar-refractivity contribution in [3.05, 3.63) is 29.8 Å². The molecule has 1 aliphatic rings. The summed E-state index contributed by atoms with van der Waals surface area (Å²) < 4.78 is 5.61. The van der Waals surface area contributed by atoms with Crippen LogP contribution in [0, 0.1) is 5.92 Å². The highest BCUT2D eigenvalue weighted by atomic mass is 16.5. The van der Waals surface area contributed by atoms with E-state index in [-0.39, 0.29) is 5.54 Å². The van der Waals surface area contributed by atoms with E-state index in [2.05, 4.69) is 62.9 Å². The Bertz CT molecular complexity index is 490. The van der Waals surface area contributed by atoms with Crippen molar-refractivity contribution in [1.82, 2.24) is 0 Å². The van der Waals surface area contributed by atoms with Crippen molar-refractivity contribution in [2.45, 2.75) is 46.6 Å². The van der Waals surface area contributed by atoms with E-state index in [1.165, 1.54) is 17.7 Å². The summed E-state index contributed by atoms with van der Waals surface area (Å²) in [6.07, 6.45) is 5.66. The van der Waals surface area contributed by atoms with E-state index in [0.29, 0.717) is 12.5 Å². The fourth-order valence-electron chi connectivity index (χ4n) is 2.86. The van der Waals surface area contributed by atoms with Gasteiger partial charge in [0.15, 0.2) is 0 Å². The molecule has 2 nitrogen and oxygen atoms in total. The van der Waals surface area contributed by atoms with E-state index >= 15 is 0 Å². The summed E-state index contributed by atoms with van der Waals surface area (Å²) in [6, 6.07) is 6.43. The quantitative estimate of drug-likeness (QED) is 0.768. The van der Waals surface area contributed by atoms with E-state index < -0.39 is 0 Å². The summed E-state index contributed by atoms with van der Waals surface area (Å²) in [7, 11) is 0. The molecule has 1 heterocycles. The van der Waals surface area contributed by atoms with Crippen LogP contribution in [-0.4, -0.2) is 18.7 Å². The van der Waals surface area contributed by atoms with Gasteiger partial charge in [-0.3, -0.25) is 0 Å². The van der Waals surface area contributed by atoms with E-state index in [1.807, 2.05) is 6.92 Å². The van der Waals surface area contributed by atoms with Crippen LogP contribution >= 0.6 is 0 Å². The second-order valence-electron chi connectivity index (χ2n) is 6.13. The number of nitrogens with zero attached hydrogens (tertiary/aromatic N) is 1. The van der Waals surface area contributed by atoms with Gasteiger partial charge in [-0.1, -0.05) is 32.4 Å². The summed E-state index contributed by atoms with van der Waals surface area (Å²) in [6.45, 7) is 13.0. The molecule has 2 rings (SSSR count). The number of benzene rings is 1. The largest absolute Gasteiger partial charge is 0.494 e. The fraction of sp³-hybridized carbons (Fsp3) is 0.556. The highest BCUT2D eigenvalue weighted by Crippen LogP contribution is 2.37. The van der Waals surface area contributed by atoms with Crippen molar-refractivity contribution in [1.29, 1.82) is 0 Å². The van der Waals surface area contributed by atoms with Crippen molar-refractivity contribution >= 4 is 11.8 Å². The lowest BCUT2D eigenvalue weighted by molar-refractivity contribution is 0.315. The van der Waals surface area contributed by atoms with Gasteiger partial charge in [0.2, 0.25) is 0 Å². The van der Waals surface area contributed by atoms with Gasteiger partial charge >= 0.3 is 0 Å². The van der Waals surface area contributed by atoms with Crippen molar-refractivity contribution in [2.24, 2.45) is 5.92 Å². The molecular formula is C18H27NO. The van der Waals surface area contributed by atoms with E-state index in [9.17, 15) is 0 Å². The molecule has 0 saturated heterocycles. The summed E-state index contributed by atoms with van der Waals surface area (Å²) in [5.41, 5.74) is 2.74. The Hall–Kier alpha value is -1.44. The van der Waals surface area contributed by atoms with Gasteiger partial charge in [0.25, 0.3) is 0 Å². The van der Waals surface area contributed by atoms with Gasteiger partial charge in [-0.25, -0.2) is 0 Å². The fourth-order valence-corrected chi connectivity index (χ4v) is 2.86. The molecule has 20 heavy (non-hydrogen) atoms. The minimum Gasteiger partial charge on any atom is -0.494 e. The standard InChI is InChI=1S/C18H27NO/c1-6-14(3)18(4,5)19-12-8-9-15-13-16(20-7-2)10-11-17(15)19/h8-11,13-14H,6-7,12H2,1-5H3. The monoisotopic (exact) mass is 273 g/mol. The third-order valence-electron chi connectivity index (χ3n) is 4.70. The highest BCUT2D eigenvalue weighted by Gasteiger charge is 2.33. The molecule has 110 valence electrons. The molecule has 1 aromatic carbocycles. The van der Waals surface area contributed by atoms with Gasteiger partial charge in [0.05, 0.1) is 6.61 Å². The zero-order valence-electron chi connectivity index (χ0n) is 13.4. The summed E-state index contributed by atoms with van der Waals surface area (Å²) in [4.78, 5) is 2.52. The van der Waals surface area contributed by atoms with Crippen LogP contribution in [0.15, 0.2) is 24.3 Å². The normalized spacial score (nSPS) is 15.9. The minimum absolute atomic E-state index is 0.154. The van der Waals surface area contributed by atoms with Gasteiger partial charge in [-0.05, 0) is 44.9 Å². The maximum atomic E-state index is 5.61. The molecule has 1 unspecified atom stereocenters. The Morgan fingerprint density at radius 3 is 2.70 bits per heavy atom. The molecule has 0 fully saturated rings. The smallest absolute Gasteiger partial charge is 0.120 e. The van der Waals surface area contributed by atoms with Crippen molar-refractivity contribution in [3.8, 4) is 5.75 Å². The molecule has 0 aliphatic carbocycles. The number of anilines is 1. The summed E-state index contributed by atoms with van der Waals surface area (Å²) >= 11 is 0. The Balaban J connectivity index is 2.36. The van der Waals surface area contributed by atoms with E-state index in [0.717, 1.165) is 12.3 Å². The first-order valence-corrected chi connectivity index (χ1v) is 7.71. The molecule has 1 atom stereocenters. The number of ether oxygens (including phenoxy) is 1. The third kappa shape index (κ3) is 2.70. The molecule has 0 bridgehead atoms. The zero-order valence-corrected chi connectivity index (χ0v) is 13.4. The lowest BCUT2D eigenvalue weighted by Gasteiger charge is -2.46. The van der Waals surface area contributed by atoms with Gasteiger partial charge in [-0.15, -0.1) is 0 Å². The summed E-state index contributed by atoms with van der Waals surface area (Å²) in [5.74, 6) is 1.60. The van der Waals surface area contributed by atoms with E-state index in [4.69, 9.17) is 4.74 Å². The Kier molecular flexibility index (Phi) is 4.42. The van der Waals surface area contributed by atoms with Crippen molar-refractivity contribution in [2.75, 3.05) is 18.1 Å². The van der Waals surface area contributed by atoms with Crippen LogP contribution in [0.4, 0.5) is 5.69 Å². The molecule has 0 N–H and O–H groups in total. The SMILES string of the molecule is CCOc1ccc2c(c1)C=CCN2C(C)(C)C(C)CC. The van der Waals surface area contributed by atoms with Gasteiger partial charge in [0.1, 0.15) is 5.75 Å². The van der Waals surface area contributed by atoms with E-state index in [1.54, 1.807) is 0 Å². The molecule has 0 amide bonds. The van der Waals surface area contributed by atoms with Gasteiger partial charge < -0.3 is 9.64 Å². The zero-order chi connectivity index (χ0) is 14.8. The molecule has 1 aromatic rings. The van der Waals surface area contributed by atoms with Crippen LogP contribution in [0.25, 0.3) is 6.08 Å². The van der Waals surface area contributed by atoms with Crippen LogP contribution < -0.4 is 9.64 Å². The maximum absolute atomic E-state index is 5.61. The molecule has 0 radical (unpaired) electrons. The second kappa shape index (κ2) is 5.90. The summed E-state index contributed by atoms with van der Waals surface area (Å²) in [5, 5.41) is 0. The first-order chi connectivity index (χ1) is 9.50. The van der Waals surface area contributed by atoms with Gasteiger partial charge in [-0.2, -0.15) is 0 Å². The number of hydrogen-bond donors (Lipinski definition) is 0. The third-order valence-corrected chi connectivity index (χ3v) is 4.70. The first-order valence-electron chi connectivity index (χ1n) is 7.71. The molecule has 0 saturated carbocycles. The van der Waals surface area contributed by atoms with Gasteiger partial charge in [0, 0.05) is 23.3 Å². The number of rotatable bonds is 5. The molecule has 2 heteroatoms. The van der Waals surface area contributed by atoms with Crippen LogP contribution in [0.1, 0.15) is 46.6 Å². The number of fused-ring (bicyclic) bond motifs is 1. The lowest BCUT2D eigenvalue weighted by atomic mass is 9.84. The Morgan fingerprint density at radius 2 is 2.05 bits per heavy atom. The van der Waals surface area contributed by atoms with Crippen LogP contribution in [0.2, 0.25) is 0 Å². The van der Waals surface area contributed by atoms with Crippen molar-refractivity contribution in [3.63, 3.8) is 0 Å². The van der Waals surface area contributed by atoms with Crippen LogP contribution in [-0.2, 0) is 0 Å². The average molecular weight is 273 g/mol. The first kappa shape index (κ1) is 15.0. The number of hydrogen-bond acceptors (Lipinski definition) is 2. The maximum Gasteiger partial charge on any atom is 0.120 e. The Morgan fingerprint density at radius 1 is 1.30 bits per heavy atom. The predicted octanol–water partition coefficient (Wildman–Crippen LogP) is 4.74.